The highest BCUT2D eigenvalue weighted by atomic mass is 16.2. The standard InChI is InChI=1S/C32H44N4O3/c1-21-34-27-17-22(9-10-26(27)31(39)36(21)28-11-12-29(37)35-30(28)38)8-6-4-2-3-5-7-13-33-32-18-23-14-24(19-32)16-25(15-23)20-32/h9-10,17,23-25,28,33H,2-8,11-16,18-20H2,1H3,(H,35,37,38). The van der Waals surface area contributed by atoms with E-state index < -0.39 is 11.9 Å². The molecule has 7 heteroatoms. The number of rotatable bonds is 11. The first-order valence-corrected chi connectivity index (χ1v) is 15.5. The van der Waals surface area contributed by atoms with Crippen molar-refractivity contribution >= 4 is 22.7 Å². The summed E-state index contributed by atoms with van der Waals surface area (Å²) in [5.74, 6) is 2.85. The van der Waals surface area contributed by atoms with Crippen LogP contribution in [-0.2, 0) is 16.0 Å². The Kier molecular flexibility index (Phi) is 7.62. The van der Waals surface area contributed by atoms with Crippen LogP contribution in [0.5, 0.6) is 0 Å². The van der Waals surface area contributed by atoms with Crippen LogP contribution in [-0.4, -0.2) is 33.4 Å². The summed E-state index contributed by atoms with van der Waals surface area (Å²) in [5, 5.41) is 6.90. The van der Waals surface area contributed by atoms with Crippen molar-refractivity contribution in [2.75, 3.05) is 6.54 Å². The molecule has 1 aromatic heterocycles. The second kappa shape index (κ2) is 11.1. The minimum atomic E-state index is -0.681. The summed E-state index contributed by atoms with van der Waals surface area (Å²) < 4.78 is 1.45. The van der Waals surface area contributed by atoms with Gasteiger partial charge in [-0.15, -0.1) is 0 Å². The molecule has 1 saturated heterocycles. The van der Waals surface area contributed by atoms with Gasteiger partial charge in [0.1, 0.15) is 11.9 Å². The first-order valence-electron chi connectivity index (χ1n) is 15.5. The molecular weight excluding hydrogens is 488 g/mol. The van der Waals surface area contributed by atoms with Crippen molar-refractivity contribution < 1.29 is 9.59 Å². The number of imide groups is 1. The lowest BCUT2D eigenvalue weighted by Crippen LogP contribution is -2.58. The van der Waals surface area contributed by atoms with Crippen molar-refractivity contribution in [3.05, 3.63) is 39.9 Å². The molecule has 2 amide bonds. The van der Waals surface area contributed by atoms with Crippen molar-refractivity contribution in [2.45, 2.75) is 115 Å². The fourth-order valence-corrected chi connectivity index (χ4v) is 8.65. The summed E-state index contributed by atoms with van der Waals surface area (Å²) in [6.07, 6.45) is 18.0. The van der Waals surface area contributed by atoms with Gasteiger partial charge in [0.2, 0.25) is 11.8 Å². The van der Waals surface area contributed by atoms with Gasteiger partial charge in [-0.1, -0.05) is 31.7 Å². The molecule has 0 radical (unpaired) electrons. The topological polar surface area (TPSA) is 93.1 Å². The van der Waals surface area contributed by atoms with Gasteiger partial charge in [-0.05, 0) is 113 Å². The van der Waals surface area contributed by atoms with Crippen LogP contribution >= 0.6 is 0 Å². The molecule has 1 unspecified atom stereocenters. The molecule has 0 spiro atoms. The molecule has 7 nitrogen and oxygen atoms in total. The second-order valence-electron chi connectivity index (χ2n) is 13.1. The Balaban J connectivity index is 0.928. The summed E-state index contributed by atoms with van der Waals surface area (Å²) in [5.41, 5.74) is 2.17. The van der Waals surface area contributed by atoms with E-state index >= 15 is 0 Å². The van der Waals surface area contributed by atoms with Crippen LogP contribution < -0.4 is 16.2 Å². The largest absolute Gasteiger partial charge is 0.311 e. The molecule has 7 rings (SSSR count). The number of carbonyl (C=O) groups is 2. The Hall–Kier alpha value is -2.54. The molecule has 4 bridgehead atoms. The van der Waals surface area contributed by atoms with Crippen LogP contribution in [0.15, 0.2) is 23.0 Å². The minimum Gasteiger partial charge on any atom is -0.311 e. The molecule has 2 aromatic rings. The third kappa shape index (κ3) is 5.70. The number of carbonyl (C=O) groups excluding carboxylic acids is 2. The van der Waals surface area contributed by atoms with E-state index in [1.54, 1.807) is 6.92 Å². The van der Waals surface area contributed by atoms with Crippen molar-refractivity contribution in [1.82, 2.24) is 20.2 Å². The van der Waals surface area contributed by atoms with E-state index in [2.05, 4.69) is 15.6 Å². The highest BCUT2D eigenvalue weighted by Crippen LogP contribution is 2.55. The number of hydrogen-bond acceptors (Lipinski definition) is 5. The molecule has 5 fully saturated rings. The second-order valence-corrected chi connectivity index (χ2v) is 13.1. The number of fused-ring (bicyclic) bond motifs is 1. The fraction of sp³-hybridized carbons (Fsp3) is 0.688. The van der Waals surface area contributed by atoms with Crippen LogP contribution in [0.1, 0.15) is 107 Å². The van der Waals surface area contributed by atoms with Gasteiger partial charge in [-0.3, -0.25) is 24.3 Å². The molecule has 1 aliphatic heterocycles. The van der Waals surface area contributed by atoms with Crippen molar-refractivity contribution in [2.24, 2.45) is 17.8 Å². The number of piperidine rings is 1. The molecule has 4 aliphatic carbocycles. The van der Waals surface area contributed by atoms with Gasteiger partial charge in [-0.2, -0.15) is 0 Å². The number of benzene rings is 1. The quantitative estimate of drug-likeness (QED) is 0.309. The number of nitrogens with zero attached hydrogens (tertiary/aromatic N) is 2. The molecule has 2 heterocycles. The number of amides is 2. The predicted octanol–water partition coefficient (Wildman–Crippen LogP) is 5.12. The van der Waals surface area contributed by atoms with E-state index in [-0.39, 0.29) is 17.9 Å². The third-order valence-corrected chi connectivity index (χ3v) is 10.1. The molecule has 4 saturated carbocycles. The SMILES string of the molecule is Cc1nc2cc(CCCCCCCCNC34CC5CC(CC(C5)C3)C4)ccc2c(=O)n1C1CCC(=O)NC1=O. The molecule has 1 atom stereocenters. The van der Waals surface area contributed by atoms with Gasteiger partial charge in [0, 0.05) is 12.0 Å². The Morgan fingerprint density at radius 1 is 0.949 bits per heavy atom. The van der Waals surface area contributed by atoms with E-state index in [4.69, 9.17) is 0 Å². The lowest BCUT2D eigenvalue weighted by atomic mass is 9.53. The van der Waals surface area contributed by atoms with Crippen molar-refractivity contribution in [1.29, 1.82) is 0 Å². The van der Waals surface area contributed by atoms with E-state index in [0.29, 0.717) is 28.7 Å². The Bertz CT molecular complexity index is 1260. The van der Waals surface area contributed by atoms with Gasteiger partial charge in [0.15, 0.2) is 0 Å². The molecule has 2 N–H and O–H groups in total. The Morgan fingerprint density at radius 3 is 2.31 bits per heavy atom. The molecule has 210 valence electrons. The summed E-state index contributed by atoms with van der Waals surface area (Å²) in [6.45, 7) is 2.96. The first kappa shape index (κ1) is 26.7. The average molecular weight is 533 g/mol. The normalized spacial score (nSPS) is 29.8. The van der Waals surface area contributed by atoms with Crippen LogP contribution in [0.2, 0.25) is 0 Å². The lowest BCUT2D eigenvalue weighted by molar-refractivity contribution is -0.135. The van der Waals surface area contributed by atoms with Crippen molar-refractivity contribution in [3.8, 4) is 0 Å². The number of aryl methyl sites for hydroxylation is 2. The molecule has 1 aromatic carbocycles. The summed E-state index contributed by atoms with van der Waals surface area (Å²) in [6, 6.07) is 5.21. The maximum Gasteiger partial charge on any atom is 0.262 e. The Morgan fingerprint density at radius 2 is 1.62 bits per heavy atom. The van der Waals surface area contributed by atoms with E-state index in [1.807, 2.05) is 18.2 Å². The van der Waals surface area contributed by atoms with E-state index in [9.17, 15) is 14.4 Å². The van der Waals surface area contributed by atoms with Gasteiger partial charge in [-0.25, -0.2) is 4.98 Å². The number of aromatic nitrogens is 2. The average Bonchev–Trinajstić information content (AvgIpc) is 2.88. The van der Waals surface area contributed by atoms with Gasteiger partial charge < -0.3 is 5.32 Å². The van der Waals surface area contributed by atoms with E-state index in [0.717, 1.165) is 30.6 Å². The Labute approximate surface area is 231 Å². The third-order valence-electron chi connectivity index (χ3n) is 10.1. The van der Waals surface area contributed by atoms with Crippen LogP contribution in [0.4, 0.5) is 0 Å². The zero-order chi connectivity index (χ0) is 27.0. The number of nitrogens with one attached hydrogen (secondary N) is 2. The molecule has 5 aliphatic rings. The van der Waals surface area contributed by atoms with Crippen LogP contribution in [0.25, 0.3) is 10.9 Å². The molecular formula is C32H44N4O3. The monoisotopic (exact) mass is 532 g/mol. The number of unbranched alkanes of at least 4 members (excludes halogenated alkanes) is 5. The van der Waals surface area contributed by atoms with Crippen LogP contribution in [0, 0.1) is 24.7 Å². The zero-order valence-electron chi connectivity index (χ0n) is 23.5. The summed E-state index contributed by atoms with van der Waals surface area (Å²) >= 11 is 0. The summed E-state index contributed by atoms with van der Waals surface area (Å²) in [4.78, 5) is 41.7. The number of hydrogen-bond donors (Lipinski definition) is 2. The maximum absolute atomic E-state index is 13.2. The van der Waals surface area contributed by atoms with Gasteiger partial charge >= 0.3 is 0 Å². The summed E-state index contributed by atoms with van der Waals surface area (Å²) in [7, 11) is 0. The fourth-order valence-electron chi connectivity index (χ4n) is 8.65. The highest BCUT2D eigenvalue weighted by Gasteiger charge is 2.50. The minimum absolute atomic E-state index is 0.212. The van der Waals surface area contributed by atoms with Crippen molar-refractivity contribution in [3.63, 3.8) is 0 Å². The maximum atomic E-state index is 13.2. The van der Waals surface area contributed by atoms with Gasteiger partial charge in [0.25, 0.3) is 5.56 Å². The zero-order valence-corrected chi connectivity index (χ0v) is 23.5. The molecule has 39 heavy (non-hydrogen) atoms. The van der Waals surface area contributed by atoms with E-state index in [1.165, 1.54) is 87.3 Å². The predicted molar refractivity (Wildman–Crippen MR) is 152 cm³/mol. The highest BCUT2D eigenvalue weighted by molar-refractivity contribution is 5.99. The lowest BCUT2D eigenvalue weighted by Gasteiger charge is -2.57. The first-order chi connectivity index (χ1) is 18.9. The van der Waals surface area contributed by atoms with Crippen LogP contribution in [0.3, 0.4) is 0 Å². The smallest absolute Gasteiger partial charge is 0.262 e. The van der Waals surface area contributed by atoms with Gasteiger partial charge in [0.05, 0.1) is 10.9 Å².